The first kappa shape index (κ1) is 17.5. The topological polar surface area (TPSA) is 100 Å². The van der Waals surface area contributed by atoms with Gasteiger partial charge in [-0.2, -0.15) is 4.79 Å². The molecule has 0 spiro atoms. The van der Waals surface area contributed by atoms with Gasteiger partial charge in [0.05, 0.1) is 18.6 Å². The van der Waals surface area contributed by atoms with Crippen LogP contribution in [0.3, 0.4) is 0 Å². The fourth-order valence-corrected chi connectivity index (χ4v) is 1.72. The SMILES string of the molecule is CCOC(=O)C(=[N+]=[N-])C(=O)CC(C)(O)/C=C/c1ccccc1. The van der Waals surface area contributed by atoms with Gasteiger partial charge in [0, 0.05) is 0 Å². The van der Waals surface area contributed by atoms with E-state index in [0.29, 0.717) is 0 Å². The number of aliphatic hydroxyl groups is 1. The van der Waals surface area contributed by atoms with Crippen molar-refractivity contribution in [3.05, 3.63) is 47.5 Å². The standard InChI is InChI=1S/C16H18N2O4/c1-3-22-15(20)14(18-17)13(19)11-16(2,21)10-9-12-7-5-4-6-8-12/h4-10,21H,3,11H2,1-2H3/b10-9+. The summed E-state index contributed by atoms with van der Waals surface area (Å²) in [5.41, 5.74) is 7.41. The molecule has 0 radical (unpaired) electrons. The number of carbonyl (C=O) groups excluding carboxylic acids is 2. The molecular weight excluding hydrogens is 284 g/mol. The highest BCUT2D eigenvalue weighted by atomic mass is 16.5. The number of esters is 1. The maximum absolute atomic E-state index is 11.9. The molecule has 0 amide bonds. The summed E-state index contributed by atoms with van der Waals surface area (Å²) in [6.45, 7) is 3.04. The Morgan fingerprint density at radius 3 is 2.55 bits per heavy atom. The summed E-state index contributed by atoms with van der Waals surface area (Å²) in [5.74, 6) is -1.82. The number of nitrogens with zero attached hydrogens (tertiary/aromatic N) is 2. The number of carbonyl (C=O) groups is 2. The Morgan fingerprint density at radius 2 is 2.00 bits per heavy atom. The van der Waals surface area contributed by atoms with E-state index in [1.807, 2.05) is 30.3 Å². The van der Waals surface area contributed by atoms with Crippen LogP contribution in [0.4, 0.5) is 0 Å². The summed E-state index contributed by atoms with van der Waals surface area (Å²) in [6, 6.07) is 9.23. The number of hydrogen-bond donors (Lipinski definition) is 1. The minimum Gasteiger partial charge on any atom is -0.457 e. The van der Waals surface area contributed by atoms with Crippen LogP contribution >= 0.6 is 0 Å². The molecule has 1 aromatic carbocycles. The highest BCUT2D eigenvalue weighted by Crippen LogP contribution is 2.15. The average molecular weight is 302 g/mol. The van der Waals surface area contributed by atoms with Crippen LogP contribution in [0, 0.1) is 0 Å². The Kier molecular flexibility index (Phi) is 6.38. The van der Waals surface area contributed by atoms with E-state index in [4.69, 9.17) is 5.53 Å². The molecule has 0 saturated carbocycles. The van der Waals surface area contributed by atoms with E-state index in [0.717, 1.165) is 5.56 Å². The Labute approximate surface area is 128 Å². The van der Waals surface area contributed by atoms with E-state index in [1.54, 1.807) is 13.0 Å². The number of rotatable bonds is 7. The summed E-state index contributed by atoms with van der Waals surface area (Å²) in [6.07, 6.45) is 2.70. The van der Waals surface area contributed by atoms with E-state index in [1.165, 1.54) is 13.0 Å². The molecule has 0 fully saturated rings. The van der Waals surface area contributed by atoms with Crippen molar-refractivity contribution in [2.24, 2.45) is 0 Å². The van der Waals surface area contributed by atoms with E-state index in [9.17, 15) is 14.7 Å². The molecule has 116 valence electrons. The predicted molar refractivity (Wildman–Crippen MR) is 81.0 cm³/mol. The van der Waals surface area contributed by atoms with Crippen LogP contribution in [0.25, 0.3) is 11.6 Å². The number of Topliss-reactive ketones (excluding diaryl/α,β-unsaturated/α-hetero) is 1. The highest BCUT2D eigenvalue weighted by molar-refractivity contribution is 6.62. The van der Waals surface area contributed by atoms with Crippen LogP contribution in [0.1, 0.15) is 25.8 Å². The lowest BCUT2D eigenvalue weighted by Gasteiger charge is -2.16. The first-order valence-corrected chi connectivity index (χ1v) is 6.78. The zero-order valence-corrected chi connectivity index (χ0v) is 12.5. The monoisotopic (exact) mass is 302 g/mol. The maximum Gasteiger partial charge on any atom is 0.441 e. The van der Waals surface area contributed by atoms with Crippen molar-refractivity contribution in [1.29, 1.82) is 0 Å². The number of benzene rings is 1. The van der Waals surface area contributed by atoms with Crippen LogP contribution < -0.4 is 0 Å². The molecule has 1 N–H and O–H groups in total. The molecule has 0 aromatic heterocycles. The number of hydrogen-bond acceptors (Lipinski definition) is 4. The van der Waals surface area contributed by atoms with E-state index in [-0.39, 0.29) is 6.61 Å². The zero-order chi connectivity index (χ0) is 16.6. The maximum atomic E-state index is 11.9. The molecule has 0 bridgehead atoms. The Morgan fingerprint density at radius 1 is 1.36 bits per heavy atom. The molecule has 22 heavy (non-hydrogen) atoms. The Bertz CT molecular complexity index is 614. The molecule has 6 heteroatoms. The quantitative estimate of drug-likeness (QED) is 0.272. The van der Waals surface area contributed by atoms with E-state index in [2.05, 4.69) is 9.53 Å². The minimum absolute atomic E-state index is 0.0510. The fourth-order valence-electron chi connectivity index (χ4n) is 1.72. The molecule has 0 heterocycles. The first-order chi connectivity index (χ1) is 10.4. The lowest BCUT2D eigenvalue weighted by molar-refractivity contribution is -0.142. The zero-order valence-electron chi connectivity index (χ0n) is 12.5. The van der Waals surface area contributed by atoms with Crippen LogP contribution in [0.5, 0.6) is 0 Å². The van der Waals surface area contributed by atoms with Gasteiger partial charge in [-0.1, -0.05) is 42.5 Å². The molecular formula is C16H18N2O4. The van der Waals surface area contributed by atoms with Gasteiger partial charge in [-0.05, 0) is 19.4 Å². The van der Waals surface area contributed by atoms with Crippen LogP contribution in [-0.4, -0.2) is 39.6 Å². The van der Waals surface area contributed by atoms with Crippen molar-refractivity contribution < 1.29 is 24.2 Å². The van der Waals surface area contributed by atoms with Crippen molar-refractivity contribution in [1.82, 2.24) is 0 Å². The molecule has 0 aliphatic carbocycles. The minimum atomic E-state index is -1.49. The van der Waals surface area contributed by atoms with Crippen molar-refractivity contribution in [3.63, 3.8) is 0 Å². The molecule has 6 nitrogen and oxygen atoms in total. The summed E-state index contributed by atoms with van der Waals surface area (Å²) in [7, 11) is 0. The molecule has 0 saturated heterocycles. The van der Waals surface area contributed by atoms with Crippen LogP contribution in [0.2, 0.25) is 0 Å². The van der Waals surface area contributed by atoms with E-state index >= 15 is 0 Å². The van der Waals surface area contributed by atoms with Gasteiger partial charge in [-0.3, -0.25) is 4.79 Å². The second kappa shape index (κ2) is 8.02. The Hall–Kier alpha value is -2.56. The van der Waals surface area contributed by atoms with Crippen LogP contribution in [0.15, 0.2) is 36.4 Å². The third kappa shape index (κ3) is 5.44. The van der Waals surface area contributed by atoms with Gasteiger partial charge >= 0.3 is 11.7 Å². The normalized spacial score (nSPS) is 13.2. The van der Waals surface area contributed by atoms with Gasteiger partial charge in [0.2, 0.25) is 0 Å². The fraction of sp³-hybridized carbons (Fsp3) is 0.312. The molecule has 0 aliphatic heterocycles. The highest BCUT2D eigenvalue weighted by Gasteiger charge is 2.35. The summed E-state index contributed by atoms with van der Waals surface area (Å²) < 4.78 is 4.61. The largest absolute Gasteiger partial charge is 0.457 e. The lowest BCUT2D eigenvalue weighted by atomic mass is 9.96. The third-order valence-corrected chi connectivity index (χ3v) is 2.79. The third-order valence-electron chi connectivity index (χ3n) is 2.79. The number of ketones is 1. The summed E-state index contributed by atoms with van der Waals surface area (Å²) >= 11 is 0. The van der Waals surface area contributed by atoms with Crippen LogP contribution in [-0.2, 0) is 14.3 Å². The van der Waals surface area contributed by atoms with Gasteiger partial charge in [-0.15, -0.1) is 0 Å². The lowest BCUT2D eigenvalue weighted by Crippen LogP contribution is -2.34. The van der Waals surface area contributed by atoms with Gasteiger partial charge < -0.3 is 15.4 Å². The second-order valence-corrected chi connectivity index (χ2v) is 4.87. The molecule has 1 unspecified atom stereocenters. The predicted octanol–water partition coefficient (Wildman–Crippen LogP) is 1.64. The Balaban J connectivity index is 2.78. The smallest absolute Gasteiger partial charge is 0.441 e. The average Bonchev–Trinajstić information content (AvgIpc) is 2.47. The van der Waals surface area contributed by atoms with Gasteiger partial charge in [0.1, 0.15) is 0 Å². The van der Waals surface area contributed by atoms with Gasteiger partial charge in [0.25, 0.3) is 5.78 Å². The van der Waals surface area contributed by atoms with Gasteiger partial charge in [-0.25, -0.2) is 4.79 Å². The van der Waals surface area contributed by atoms with Crippen molar-refractivity contribution in [2.45, 2.75) is 25.9 Å². The summed E-state index contributed by atoms with van der Waals surface area (Å²) in [4.78, 5) is 26.0. The molecule has 1 aromatic rings. The second-order valence-electron chi connectivity index (χ2n) is 4.87. The first-order valence-electron chi connectivity index (χ1n) is 6.78. The molecule has 1 rings (SSSR count). The molecule has 1 atom stereocenters. The van der Waals surface area contributed by atoms with Gasteiger partial charge in [0.15, 0.2) is 0 Å². The van der Waals surface area contributed by atoms with E-state index < -0.39 is 29.5 Å². The van der Waals surface area contributed by atoms with Crippen molar-refractivity contribution in [3.8, 4) is 0 Å². The van der Waals surface area contributed by atoms with Crippen molar-refractivity contribution >= 4 is 23.5 Å². The molecule has 0 aliphatic rings. The summed E-state index contributed by atoms with van der Waals surface area (Å²) in [5, 5.41) is 10.2. The van der Waals surface area contributed by atoms with Crippen molar-refractivity contribution in [2.75, 3.05) is 6.61 Å². The number of ether oxygens (including phenoxy) is 1.